The van der Waals surface area contributed by atoms with Gasteiger partial charge in [-0.2, -0.15) is 5.10 Å². The Labute approximate surface area is 148 Å². The first-order valence-electron chi connectivity index (χ1n) is 8.94. The van der Waals surface area contributed by atoms with E-state index in [1.807, 2.05) is 42.1 Å². The van der Waals surface area contributed by atoms with E-state index in [9.17, 15) is 5.11 Å². The average molecular weight is 342 g/mol. The number of ether oxygens (including phenoxy) is 2. The molecule has 0 saturated carbocycles. The van der Waals surface area contributed by atoms with Crippen molar-refractivity contribution in [1.82, 2.24) is 9.78 Å². The first-order chi connectivity index (χ1) is 12.2. The van der Waals surface area contributed by atoms with Crippen LogP contribution in [0.4, 0.5) is 0 Å². The average Bonchev–Trinajstić information content (AvgIpc) is 3.11. The van der Waals surface area contributed by atoms with Gasteiger partial charge in [0.2, 0.25) is 0 Å². The smallest absolute Gasteiger partial charge is 0.150 e. The summed E-state index contributed by atoms with van der Waals surface area (Å²) in [5.41, 5.74) is 2.44. The molecule has 1 aromatic carbocycles. The van der Waals surface area contributed by atoms with Crippen LogP contribution in [0, 0.1) is 0 Å². The van der Waals surface area contributed by atoms with Crippen LogP contribution in [-0.2, 0) is 11.2 Å². The lowest BCUT2D eigenvalue weighted by Crippen LogP contribution is -2.18. The van der Waals surface area contributed by atoms with Crippen molar-refractivity contribution in [3.8, 4) is 5.75 Å². The minimum absolute atomic E-state index is 0.0349. The number of nitrogens with zero attached hydrogens (tertiary/aromatic N) is 2. The molecule has 2 atom stereocenters. The van der Waals surface area contributed by atoms with Crippen LogP contribution < -0.4 is 4.74 Å². The Morgan fingerprint density at radius 3 is 2.96 bits per heavy atom. The molecule has 1 aliphatic rings. The van der Waals surface area contributed by atoms with Crippen molar-refractivity contribution in [2.75, 3.05) is 13.2 Å². The fourth-order valence-electron chi connectivity index (χ4n) is 3.18. The monoisotopic (exact) mass is 342 g/mol. The van der Waals surface area contributed by atoms with Crippen molar-refractivity contribution < 1.29 is 14.6 Å². The molecule has 2 unspecified atom stereocenters. The topological polar surface area (TPSA) is 56.5 Å². The fraction of sp³-hybridized carbons (Fsp3) is 0.450. The largest absolute Gasteiger partial charge is 0.489 e. The van der Waals surface area contributed by atoms with E-state index < -0.39 is 6.10 Å². The molecule has 1 aliphatic heterocycles. The van der Waals surface area contributed by atoms with E-state index in [0.29, 0.717) is 12.4 Å². The molecule has 0 aliphatic carbocycles. The SMILES string of the molecule is C=CCOc1ccccc1C(O)c1cn(C2CCCCO2)nc1CC. The van der Waals surface area contributed by atoms with Crippen molar-refractivity contribution in [1.29, 1.82) is 0 Å². The Hall–Kier alpha value is -2.11. The molecule has 134 valence electrons. The number of hydrogen-bond donors (Lipinski definition) is 1. The summed E-state index contributed by atoms with van der Waals surface area (Å²) >= 11 is 0. The van der Waals surface area contributed by atoms with E-state index in [1.165, 1.54) is 0 Å². The van der Waals surface area contributed by atoms with Crippen molar-refractivity contribution in [3.63, 3.8) is 0 Å². The highest BCUT2D eigenvalue weighted by Gasteiger charge is 2.24. The van der Waals surface area contributed by atoms with Crippen LogP contribution in [0.3, 0.4) is 0 Å². The second-order valence-electron chi connectivity index (χ2n) is 6.23. The Bertz CT molecular complexity index is 705. The van der Waals surface area contributed by atoms with E-state index in [1.54, 1.807) is 6.08 Å². The quantitative estimate of drug-likeness (QED) is 0.778. The third kappa shape index (κ3) is 3.94. The molecule has 5 heteroatoms. The first kappa shape index (κ1) is 17.7. The second-order valence-corrected chi connectivity index (χ2v) is 6.23. The lowest BCUT2D eigenvalue weighted by atomic mass is 10.0. The molecular formula is C20H26N2O3. The Morgan fingerprint density at radius 1 is 1.40 bits per heavy atom. The standard InChI is InChI=1S/C20H26N2O3/c1-3-12-24-18-10-6-5-9-15(18)20(23)16-14-22(21-17(16)4-2)19-11-7-8-13-25-19/h3,5-6,9-10,14,19-20,23H,1,4,7-8,11-13H2,2H3. The molecule has 2 aromatic rings. The minimum atomic E-state index is -0.784. The van der Waals surface area contributed by atoms with Crippen LogP contribution in [0.5, 0.6) is 5.75 Å². The van der Waals surface area contributed by atoms with Crippen LogP contribution >= 0.6 is 0 Å². The van der Waals surface area contributed by atoms with Gasteiger partial charge in [0, 0.05) is 23.9 Å². The normalized spacial score (nSPS) is 18.7. The van der Waals surface area contributed by atoms with Gasteiger partial charge in [0.1, 0.15) is 24.7 Å². The van der Waals surface area contributed by atoms with Crippen molar-refractivity contribution >= 4 is 0 Å². The van der Waals surface area contributed by atoms with Crippen LogP contribution in [0.25, 0.3) is 0 Å². The van der Waals surface area contributed by atoms with Crippen molar-refractivity contribution in [2.24, 2.45) is 0 Å². The molecular weight excluding hydrogens is 316 g/mol. The molecule has 0 bridgehead atoms. The zero-order chi connectivity index (χ0) is 17.6. The summed E-state index contributed by atoms with van der Waals surface area (Å²) in [5, 5.41) is 15.7. The van der Waals surface area contributed by atoms with Gasteiger partial charge in [-0.15, -0.1) is 0 Å². The molecule has 1 fully saturated rings. The van der Waals surface area contributed by atoms with Crippen molar-refractivity contribution in [3.05, 3.63) is 59.9 Å². The molecule has 25 heavy (non-hydrogen) atoms. The van der Waals surface area contributed by atoms with Gasteiger partial charge in [0.15, 0.2) is 0 Å². The molecule has 5 nitrogen and oxygen atoms in total. The summed E-state index contributed by atoms with van der Waals surface area (Å²) in [6.45, 7) is 6.89. The zero-order valence-electron chi connectivity index (χ0n) is 14.7. The van der Waals surface area contributed by atoms with Crippen LogP contribution in [0.1, 0.15) is 55.3 Å². The summed E-state index contributed by atoms with van der Waals surface area (Å²) in [6, 6.07) is 7.55. The fourth-order valence-corrected chi connectivity index (χ4v) is 3.18. The minimum Gasteiger partial charge on any atom is -0.489 e. The van der Waals surface area contributed by atoms with Crippen LogP contribution in [0.15, 0.2) is 43.1 Å². The van der Waals surface area contributed by atoms with Crippen LogP contribution in [-0.4, -0.2) is 28.1 Å². The molecule has 0 radical (unpaired) electrons. The molecule has 3 rings (SSSR count). The summed E-state index contributed by atoms with van der Waals surface area (Å²) in [7, 11) is 0. The van der Waals surface area contributed by atoms with Gasteiger partial charge in [-0.05, 0) is 31.7 Å². The van der Waals surface area contributed by atoms with Gasteiger partial charge >= 0.3 is 0 Å². The molecule has 0 spiro atoms. The van der Waals surface area contributed by atoms with E-state index >= 15 is 0 Å². The van der Waals surface area contributed by atoms with Gasteiger partial charge < -0.3 is 14.6 Å². The molecule has 1 aromatic heterocycles. The third-order valence-corrected chi connectivity index (χ3v) is 4.49. The molecule has 1 N–H and O–H groups in total. The number of aromatic nitrogens is 2. The van der Waals surface area contributed by atoms with E-state index in [4.69, 9.17) is 9.47 Å². The summed E-state index contributed by atoms with van der Waals surface area (Å²) in [6.07, 6.45) is 6.74. The highest BCUT2D eigenvalue weighted by Crippen LogP contribution is 2.33. The molecule has 0 amide bonds. The summed E-state index contributed by atoms with van der Waals surface area (Å²) in [4.78, 5) is 0. The highest BCUT2D eigenvalue weighted by molar-refractivity contribution is 5.41. The number of benzene rings is 1. The lowest BCUT2D eigenvalue weighted by molar-refractivity contribution is -0.0397. The Kier molecular flexibility index (Phi) is 5.89. The Morgan fingerprint density at radius 2 is 2.24 bits per heavy atom. The van der Waals surface area contributed by atoms with Gasteiger partial charge in [0.05, 0.1) is 5.69 Å². The number of aryl methyl sites for hydroxylation is 1. The van der Waals surface area contributed by atoms with Crippen molar-refractivity contribution in [2.45, 2.75) is 44.9 Å². The number of hydrogen-bond acceptors (Lipinski definition) is 4. The maximum absolute atomic E-state index is 11.0. The van der Waals surface area contributed by atoms with Gasteiger partial charge in [0.25, 0.3) is 0 Å². The summed E-state index contributed by atoms with van der Waals surface area (Å²) in [5.74, 6) is 0.665. The second kappa shape index (κ2) is 8.32. The van der Waals surface area contributed by atoms with Crippen LogP contribution in [0.2, 0.25) is 0 Å². The predicted molar refractivity (Wildman–Crippen MR) is 96.6 cm³/mol. The van der Waals surface area contributed by atoms with Gasteiger partial charge in [-0.1, -0.05) is 37.8 Å². The number of para-hydroxylation sites is 1. The summed E-state index contributed by atoms with van der Waals surface area (Å²) < 4.78 is 13.4. The van der Waals surface area contributed by atoms with E-state index in [0.717, 1.165) is 49.1 Å². The first-order valence-corrected chi connectivity index (χ1v) is 8.94. The maximum Gasteiger partial charge on any atom is 0.150 e. The van der Waals surface area contributed by atoms with E-state index in [2.05, 4.69) is 11.7 Å². The number of aliphatic hydroxyl groups excluding tert-OH is 1. The van der Waals surface area contributed by atoms with Gasteiger partial charge in [-0.3, -0.25) is 0 Å². The molecule has 2 heterocycles. The predicted octanol–water partition coefficient (Wildman–Crippen LogP) is 3.79. The maximum atomic E-state index is 11.0. The Balaban J connectivity index is 1.90. The number of rotatable bonds is 7. The van der Waals surface area contributed by atoms with E-state index in [-0.39, 0.29) is 6.23 Å². The highest BCUT2D eigenvalue weighted by atomic mass is 16.5. The zero-order valence-corrected chi connectivity index (χ0v) is 14.7. The molecule has 1 saturated heterocycles. The lowest BCUT2D eigenvalue weighted by Gasteiger charge is -2.22. The third-order valence-electron chi connectivity index (χ3n) is 4.49. The number of aliphatic hydroxyl groups is 1. The van der Waals surface area contributed by atoms with Gasteiger partial charge in [-0.25, -0.2) is 4.68 Å².